The number of halogens is 2. The van der Waals surface area contributed by atoms with E-state index >= 15 is 0 Å². The number of amides is 1. The van der Waals surface area contributed by atoms with Gasteiger partial charge in [0.2, 0.25) is 0 Å². The number of nitrogens with one attached hydrogen (secondary N) is 1. The largest absolute Gasteiger partial charge is 0.486 e. The fourth-order valence-corrected chi connectivity index (χ4v) is 3.08. The molecule has 0 atom stereocenters. The van der Waals surface area contributed by atoms with Gasteiger partial charge in [0, 0.05) is 22.9 Å². The summed E-state index contributed by atoms with van der Waals surface area (Å²) in [6.45, 7) is 3.50. The van der Waals surface area contributed by atoms with Gasteiger partial charge in [-0.1, -0.05) is 0 Å². The van der Waals surface area contributed by atoms with E-state index in [0.717, 1.165) is 32.5 Å². The summed E-state index contributed by atoms with van der Waals surface area (Å²) in [6.07, 6.45) is 2.71. The SMILES string of the molecule is Cc1nn(CCCNC(=O)c2ccc(COc3ccc(I)cc3)o2)cc1Br. The summed E-state index contributed by atoms with van der Waals surface area (Å²) >= 11 is 5.68. The molecule has 0 aliphatic carbocycles. The minimum absolute atomic E-state index is 0.228. The molecule has 0 saturated heterocycles. The molecule has 0 aliphatic rings. The molecule has 2 aromatic heterocycles. The molecular weight excluding hydrogens is 525 g/mol. The molecule has 0 aliphatic heterocycles. The van der Waals surface area contributed by atoms with Crippen LogP contribution in [0, 0.1) is 10.5 Å². The quantitative estimate of drug-likeness (QED) is 0.334. The second-order valence-corrected chi connectivity index (χ2v) is 8.04. The molecule has 0 spiro atoms. The van der Waals surface area contributed by atoms with E-state index in [1.807, 2.05) is 42.1 Å². The number of nitrogens with zero attached hydrogens (tertiary/aromatic N) is 2. The van der Waals surface area contributed by atoms with E-state index in [9.17, 15) is 4.79 Å². The average molecular weight is 544 g/mol. The normalized spacial score (nSPS) is 10.8. The first-order chi connectivity index (χ1) is 13.0. The Balaban J connectivity index is 1.41. The number of carbonyl (C=O) groups is 1. The summed E-state index contributed by atoms with van der Waals surface area (Å²) in [5.74, 6) is 1.43. The lowest BCUT2D eigenvalue weighted by Gasteiger charge is -2.05. The van der Waals surface area contributed by atoms with Crippen molar-refractivity contribution in [2.24, 2.45) is 0 Å². The van der Waals surface area contributed by atoms with Crippen LogP contribution in [0.15, 0.2) is 51.5 Å². The predicted octanol–water partition coefficient (Wildman–Crippen LogP) is 4.55. The Morgan fingerprint density at radius 3 is 2.78 bits per heavy atom. The molecule has 8 heteroatoms. The van der Waals surface area contributed by atoms with Crippen molar-refractivity contribution in [3.63, 3.8) is 0 Å². The lowest BCUT2D eigenvalue weighted by molar-refractivity contribution is 0.0921. The number of carbonyl (C=O) groups excluding carboxylic acids is 1. The molecule has 1 N–H and O–H groups in total. The average Bonchev–Trinajstić information content (AvgIpc) is 3.25. The van der Waals surface area contributed by atoms with Crippen molar-refractivity contribution in [3.8, 4) is 5.75 Å². The third kappa shape index (κ3) is 5.83. The molecule has 1 amide bonds. The van der Waals surface area contributed by atoms with Gasteiger partial charge < -0.3 is 14.5 Å². The topological polar surface area (TPSA) is 69.3 Å². The molecule has 0 radical (unpaired) electrons. The second-order valence-electron chi connectivity index (χ2n) is 5.94. The standard InChI is InChI=1S/C19H19BrIN3O3/c1-13-17(20)11-24(23-13)10-2-9-22-19(25)18-8-7-16(27-18)12-26-15-5-3-14(21)4-6-15/h3-8,11H,2,9-10,12H2,1H3,(H,22,25). The van der Waals surface area contributed by atoms with Crippen LogP contribution >= 0.6 is 38.5 Å². The maximum absolute atomic E-state index is 12.2. The Hall–Kier alpha value is -1.81. The maximum atomic E-state index is 12.2. The highest BCUT2D eigenvalue weighted by Gasteiger charge is 2.11. The zero-order valence-electron chi connectivity index (χ0n) is 14.7. The molecule has 27 heavy (non-hydrogen) atoms. The van der Waals surface area contributed by atoms with E-state index in [4.69, 9.17) is 9.15 Å². The van der Waals surface area contributed by atoms with Crippen LogP contribution in [0.1, 0.15) is 28.4 Å². The molecule has 0 fully saturated rings. The molecular formula is C19H19BrIN3O3. The lowest BCUT2D eigenvalue weighted by atomic mass is 10.3. The fourth-order valence-electron chi connectivity index (χ4n) is 2.40. The maximum Gasteiger partial charge on any atom is 0.286 e. The smallest absolute Gasteiger partial charge is 0.286 e. The Kier molecular flexibility index (Phi) is 6.95. The van der Waals surface area contributed by atoms with Crippen molar-refractivity contribution in [3.05, 3.63) is 67.9 Å². The summed E-state index contributed by atoms with van der Waals surface area (Å²) in [6, 6.07) is 11.2. The van der Waals surface area contributed by atoms with Crippen LogP contribution in [-0.2, 0) is 13.2 Å². The van der Waals surface area contributed by atoms with Gasteiger partial charge >= 0.3 is 0 Å². The van der Waals surface area contributed by atoms with E-state index in [0.29, 0.717) is 12.3 Å². The summed E-state index contributed by atoms with van der Waals surface area (Å²) in [7, 11) is 0. The van der Waals surface area contributed by atoms with Gasteiger partial charge in [-0.05, 0) is 88.3 Å². The van der Waals surface area contributed by atoms with E-state index in [1.165, 1.54) is 0 Å². The summed E-state index contributed by atoms with van der Waals surface area (Å²) in [4.78, 5) is 12.2. The van der Waals surface area contributed by atoms with Crippen molar-refractivity contribution in [1.82, 2.24) is 15.1 Å². The molecule has 6 nitrogen and oxygen atoms in total. The highest BCUT2D eigenvalue weighted by atomic mass is 127. The van der Waals surface area contributed by atoms with E-state index < -0.39 is 0 Å². The number of rotatable bonds is 8. The highest BCUT2D eigenvalue weighted by molar-refractivity contribution is 14.1. The van der Waals surface area contributed by atoms with Gasteiger partial charge in [-0.3, -0.25) is 9.48 Å². The molecule has 0 unspecified atom stereocenters. The third-order valence-electron chi connectivity index (χ3n) is 3.82. The van der Waals surface area contributed by atoms with Gasteiger partial charge in [-0.2, -0.15) is 5.10 Å². The summed E-state index contributed by atoms with van der Waals surface area (Å²) < 4.78 is 15.2. The van der Waals surface area contributed by atoms with Crippen molar-refractivity contribution in [2.45, 2.75) is 26.5 Å². The summed E-state index contributed by atoms with van der Waals surface area (Å²) in [5.41, 5.74) is 0.953. The molecule has 0 bridgehead atoms. The van der Waals surface area contributed by atoms with Crippen LogP contribution in [-0.4, -0.2) is 22.2 Å². The van der Waals surface area contributed by atoms with Crippen LogP contribution in [0.4, 0.5) is 0 Å². The van der Waals surface area contributed by atoms with E-state index in [1.54, 1.807) is 12.1 Å². The number of ether oxygens (including phenoxy) is 1. The van der Waals surface area contributed by atoms with Crippen LogP contribution in [0.25, 0.3) is 0 Å². The fraction of sp³-hybridized carbons (Fsp3) is 0.263. The molecule has 0 saturated carbocycles. The summed E-state index contributed by atoms with van der Waals surface area (Å²) in [5, 5.41) is 7.22. The third-order valence-corrected chi connectivity index (χ3v) is 5.31. The zero-order valence-corrected chi connectivity index (χ0v) is 18.5. The van der Waals surface area contributed by atoms with Crippen LogP contribution in [0.3, 0.4) is 0 Å². The van der Waals surface area contributed by atoms with Crippen molar-refractivity contribution in [1.29, 1.82) is 0 Å². The first-order valence-electron chi connectivity index (χ1n) is 8.46. The number of aromatic nitrogens is 2. The van der Waals surface area contributed by atoms with Crippen molar-refractivity contribution < 1.29 is 13.9 Å². The zero-order chi connectivity index (χ0) is 19.2. The van der Waals surface area contributed by atoms with Crippen LogP contribution in [0.5, 0.6) is 5.75 Å². The van der Waals surface area contributed by atoms with Gasteiger partial charge in [0.05, 0.1) is 10.2 Å². The van der Waals surface area contributed by atoms with Gasteiger partial charge in [-0.25, -0.2) is 0 Å². The number of furan rings is 1. The van der Waals surface area contributed by atoms with Crippen LogP contribution in [0.2, 0.25) is 0 Å². The highest BCUT2D eigenvalue weighted by Crippen LogP contribution is 2.16. The minimum Gasteiger partial charge on any atom is -0.486 e. The van der Waals surface area contributed by atoms with Crippen molar-refractivity contribution >= 4 is 44.4 Å². The van der Waals surface area contributed by atoms with Crippen LogP contribution < -0.4 is 10.1 Å². The second kappa shape index (κ2) is 9.41. The van der Waals surface area contributed by atoms with Gasteiger partial charge in [-0.15, -0.1) is 0 Å². The molecule has 2 heterocycles. The van der Waals surface area contributed by atoms with Gasteiger partial charge in [0.25, 0.3) is 5.91 Å². The Morgan fingerprint density at radius 2 is 2.07 bits per heavy atom. The van der Waals surface area contributed by atoms with Gasteiger partial charge in [0.15, 0.2) is 5.76 Å². The van der Waals surface area contributed by atoms with E-state index in [-0.39, 0.29) is 18.3 Å². The lowest BCUT2D eigenvalue weighted by Crippen LogP contribution is -2.24. The Bertz CT molecular complexity index is 886. The van der Waals surface area contributed by atoms with Crippen molar-refractivity contribution in [2.75, 3.05) is 6.54 Å². The monoisotopic (exact) mass is 543 g/mol. The molecule has 3 aromatic rings. The van der Waals surface area contributed by atoms with Gasteiger partial charge in [0.1, 0.15) is 18.1 Å². The number of hydrogen-bond donors (Lipinski definition) is 1. The first-order valence-corrected chi connectivity index (χ1v) is 10.3. The number of hydrogen-bond acceptors (Lipinski definition) is 4. The minimum atomic E-state index is -0.228. The predicted molar refractivity (Wildman–Crippen MR) is 114 cm³/mol. The number of aryl methyl sites for hydroxylation is 2. The van der Waals surface area contributed by atoms with E-state index in [2.05, 4.69) is 48.9 Å². The Morgan fingerprint density at radius 1 is 1.30 bits per heavy atom. The molecule has 142 valence electrons. The first kappa shape index (κ1) is 19.9. The molecule has 1 aromatic carbocycles. The Labute approximate surface area is 179 Å². The number of benzene rings is 1. The molecule has 3 rings (SSSR count).